The number of hydroxylamine groups is 1. The van der Waals surface area contributed by atoms with Gasteiger partial charge in [-0.25, -0.2) is 15.0 Å². The molecular weight excluding hydrogens is 398 g/mol. The summed E-state index contributed by atoms with van der Waals surface area (Å²) in [7, 11) is 1.61. The van der Waals surface area contributed by atoms with Gasteiger partial charge < -0.3 is 9.64 Å². The number of ether oxygens (including phenoxy) is 1. The first kappa shape index (κ1) is 20.9. The maximum Gasteiger partial charge on any atom is 0.256 e. The number of aryl methyl sites for hydroxylation is 2. The van der Waals surface area contributed by atoms with Gasteiger partial charge in [-0.05, 0) is 26.0 Å². The van der Waals surface area contributed by atoms with E-state index in [4.69, 9.17) is 9.57 Å². The van der Waals surface area contributed by atoms with Crippen molar-refractivity contribution >= 4 is 11.7 Å². The first-order valence-corrected chi connectivity index (χ1v) is 10.1. The van der Waals surface area contributed by atoms with Crippen molar-refractivity contribution < 1.29 is 14.4 Å². The van der Waals surface area contributed by atoms with E-state index in [0.717, 1.165) is 5.69 Å². The fourth-order valence-electron chi connectivity index (χ4n) is 3.60. The van der Waals surface area contributed by atoms with Crippen LogP contribution in [0.1, 0.15) is 21.9 Å². The number of hydrogen-bond donors (Lipinski definition) is 0. The van der Waals surface area contributed by atoms with Gasteiger partial charge in [-0.3, -0.25) is 9.63 Å². The molecule has 0 aliphatic carbocycles. The lowest BCUT2D eigenvalue weighted by atomic mass is 10.1. The van der Waals surface area contributed by atoms with Gasteiger partial charge in [0.25, 0.3) is 5.91 Å². The molecule has 1 atom stereocenters. The summed E-state index contributed by atoms with van der Waals surface area (Å²) in [6, 6.07) is 9.17. The fourth-order valence-corrected chi connectivity index (χ4v) is 3.60. The molecule has 1 aliphatic rings. The van der Waals surface area contributed by atoms with Gasteiger partial charge >= 0.3 is 0 Å². The van der Waals surface area contributed by atoms with Crippen LogP contribution < -0.4 is 5.06 Å². The number of benzene rings is 1. The third kappa shape index (κ3) is 4.70. The number of rotatable bonds is 5. The van der Waals surface area contributed by atoms with Gasteiger partial charge in [-0.15, -0.1) is 0 Å². The number of carbonyl (C=O) groups is 1. The van der Waals surface area contributed by atoms with Crippen LogP contribution in [-0.4, -0.2) is 75.2 Å². The number of hydrogen-bond acceptors (Lipinski definition) is 8. The van der Waals surface area contributed by atoms with E-state index in [2.05, 4.69) is 20.2 Å². The second-order valence-electron chi connectivity index (χ2n) is 7.29. The van der Waals surface area contributed by atoms with E-state index in [1.54, 1.807) is 35.5 Å². The van der Waals surface area contributed by atoms with Crippen LogP contribution in [0.5, 0.6) is 0 Å². The summed E-state index contributed by atoms with van der Waals surface area (Å²) in [4.78, 5) is 31.7. The molecule has 0 bridgehead atoms. The SMILES string of the molecule is COCC1CN(C(=O)c2ccccc2-n2nccn2)CCN(c2cc(C)nc(C)n2)O1. The Hall–Kier alpha value is -3.37. The van der Waals surface area contributed by atoms with E-state index in [-0.39, 0.29) is 12.0 Å². The zero-order valence-electron chi connectivity index (χ0n) is 17.8. The highest BCUT2D eigenvalue weighted by molar-refractivity contribution is 5.97. The van der Waals surface area contributed by atoms with E-state index < -0.39 is 0 Å². The van der Waals surface area contributed by atoms with Crippen molar-refractivity contribution in [2.45, 2.75) is 20.0 Å². The Morgan fingerprint density at radius 1 is 1.16 bits per heavy atom. The second-order valence-corrected chi connectivity index (χ2v) is 7.29. The monoisotopic (exact) mass is 423 g/mol. The summed E-state index contributed by atoms with van der Waals surface area (Å²) in [5.74, 6) is 1.22. The number of anilines is 1. The molecule has 0 spiro atoms. The van der Waals surface area contributed by atoms with Crippen LogP contribution in [0.3, 0.4) is 0 Å². The average molecular weight is 423 g/mol. The van der Waals surface area contributed by atoms with Gasteiger partial charge in [0.1, 0.15) is 11.9 Å². The zero-order valence-corrected chi connectivity index (χ0v) is 17.8. The van der Waals surface area contributed by atoms with Crippen molar-refractivity contribution in [2.75, 3.05) is 38.4 Å². The average Bonchev–Trinajstić information content (AvgIpc) is 3.20. The van der Waals surface area contributed by atoms with Crippen molar-refractivity contribution in [3.05, 3.63) is 59.8 Å². The molecule has 4 rings (SSSR count). The number of para-hydroxylation sites is 1. The molecule has 0 saturated carbocycles. The number of carbonyl (C=O) groups excluding carboxylic acids is 1. The third-order valence-corrected chi connectivity index (χ3v) is 4.89. The molecule has 1 amide bonds. The molecule has 0 N–H and O–H groups in total. The molecule has 3 aromatic rings. The highest BCUT2D eigenvalue weighted by Gasteiger charge is 2.29. The van der Waals surface area contributed by atoms with Crippen LogP contribution >= 0.6 is 0 Å². The lowest BCUT2D eigenvalue weighted by Crippen LogP contribution is -2.39. The van der Waals surface area contributed by atoms with E-state index >= 15 is 0 Å². The molecule has 1 aliphatic heterocycles. The van der Waals surface area contributed by atoms with Crippen LogP contribution in [0.2, 0.25) is 0 Å². The summed E-state index contributed by atoms with van der Waals surface area (Å²) >= 11 is 0. The summed E-state index contributed by atoms with van der Waals surface area (Å²) in [6.07, 6.45) is 2.82. The van der Waals surface area contributed by atoms with Crippen molar-refractivity contribution in [3.63, 3.8) is 0 Å². The Morgan fingerprint density at radius 2 is 1.94 bits per heavy atom. The summed E-state index contributed by atoms with van der Waals surface area (Å²) in [5.41, 5.74) is 2.01. The standard InChI is InChI=1S/C21H25N7O3/c1-15-12-20(25-16(2)24-15)27-11-10-26(13-17(31-27)14-30-3)21(29)18-6-4-5-7-19(18)28-22-8-9-23-28/h4-9,12,17H,10-11,13-14H2,1-3H3. The zero-order chi connectivity index (χ0) is 21.8. The number of aromatic nitrogens is 5. The van der Waals surface area contributed by atoms with Crippen molar-refractivity contribution in [1.82, 2.24) is 29.9 Å². The topological polar surface area (TPSA) is 98.5 Å². The van der Waals surface area contributed by atoms with Crippen molar-refractivity contribution in [1.29, 1.82) is 0 Å². The lowest BCUT2D eigenvalue weighted by molar-refractivity contribution is -0.0140. The Morgan fingerprint density at radius 3 is 2.68 bits per heavy atom. The Balaban J connectivity index is 1.60. The number of amides is 1. The molecule has 2 aromatic heterocycles. The normalized spacial score (nSPS) is 16.9. The predicted molar refractivity (Wildman–Crippen MR) is 113 cm³/mol. The maximum absolute atomic E-state index is 13.5. The quantitative estimate of drug-likeness (QED) is 0.610. The molecule has 1 fully saturated rings. The van der Waals surface area contributed by atoms with Crippen LogP contribution in [0.4, 0.5) is 5.82 Å². The summed E-state index contributed by atoms with van der Waals surface area (Å²) in [6.45, 7) is 5.40. The lowest BCUT2D eigenvalue weighted by Gasteiger charge is -2.25. The van der Waals surface area contributed by atoms with Crippen LogP contribution in [0, 0.1) is 13.8 Å². The number of nitrogens with zero attached hydrogens (tertiary/aromatic N) is 7. The predicted octanol–water partition coefficient (Wildman–Crippen LogP) is 1.58. The molecule has 1 saturated heterocycles. The molecular formula is C21H25N7O3. The molecule has 1 unspecified atom stereocenters. The smallest absolute Gasteiger partial charge is 0.256 e. The van der Waals surface area contributed by atoms with Gasteiger partial charge in [-0.1, -0.05) is 12.1 Å². The van der Waals surface area contributed by atoms with Gasteiger partial charge in [0, 0.05) is 25.4 Å². The number of methoxy groups -OCH3 is 1. The minimum Gasteiger partial charge on any atom is -0.382 e. The molecule has 3 heterocycles. The van der Waals surface area contributed by atoms with Gasteiger partial charge in [0.05, 0.1) is 43.3 Å². The Kier molecular flexibility index (Phi) is 6.19. The third-order valence-electron chi connectivity index (χ3n) is 4.89. The van der Waals surface area contributed by atoms with Gasteiger partial charge in [0.2, 0.25) is 0 Å². The summed E-state index contributed by atoms with van der Waals surface area (Å²) < 4.78 is 5.34. The fraction of sp³-hybridized carbons (Fsp3) is 0.381. The molecule has 0 radical (unpaired) electrons. The van der Waals surface area contributed by atoms with E-state index in [0.29, 0.717) is 49.1 Å². The largest absolute Gasteiger partial charge is 0.382 e. The summed E-state index contributed by atoms with van der Waals surface area (Å²) in [5, 5.41) is 10.1. The molecule has 10 nitrogen and oxygen atoms in total. The van der Waals surface area contributed by atoms with E-state index in [9.17, 15) is 4.79 Å². The Bertz CT molecular complexity index is 1020. The highest BCUT2D eigenvalue weighted by Crippen LogP contribution is 2.20. The maximum atomic E-state index is 13.5. The van der Waals surface area contributed by atoms with Gasteiger partial charge in [0.15, 0.2) is 5.82 Å². The minimum atomic E-state index is -0.345. The van der Waals surface area contributed by atoms with Crippen molar-refractivity contribution in [2.24, 2.45) is 0 Å². The first-order valence-electron chi connectivity index (χ1n) is 10.1. The van der Waals surface area contributed by atoms with Gasteiger partial charge in [-0.2, -0.15) is 15.0 Å². The minimum absolute atomic E-state index is 0.116. The second kappa shape index (κ2) is 9.19. The molecule has 31 heavy (non-hydrogen) atoms. The Labute approximate surface area is 180 Å². The molecule has 1 aromatic carbocycles. The van der Waals surface area contributed by atoms with Crippen LogP contribution in [0.15, 0.2) is 42.7 Å². The molecule has 10 heteroatoms. The van der Waals surface area contributed by atoms with E-state index in [1.165, 1.54) is 4.80 Å². The van der Waals surface area contributed by atoms with Crippen LogP contribution in [0.25, 0.3) is 5.69 Å². The highest BCUT2D eigenvalue weighted by atomic mass is 16.7. The molecule has 162 valence electrons. The van der Waals surface area contributed by atoms with Crippen molar-refractivity contribution in [3.8, 4) is 5.69 Å². The van der Waals surface area contributed by atoms with Crippen LogP contribution in [-0.2, 0) is 9.57 Å². The van der Waals surface area contributed by atoms with E-state index in [1.807, 2.05) is 38.1 Å². The first-order chi connectivity index (χ1) is 15.0.